The molecule has 0 aromatic rings. The van der Waals surface area contributed by atoms with Crippen molar-refractivity contribution in [1.29, 1.82) is 0 Å². The zero-order chi connectivity index (χ0) is 11.8. The van der Waals surface area contributed by atoms with Crippen molar-refractivity contribution in [3.8, 4) is 0 Å². The molecule has 0 atom stereocenters. The predicted octanol–water partition coefficient (Wildman–Crippen LogP) is 0.612. The van der Waals surface area contributed by atoms with Gasteiger partial charge in [-0.2, -0.15) is 0 Å². The van der Waals surface area contributed by atoms with Gasteiger partial charge in [0.25, 0.3) is 0 Å². The normalized spacial score (nSPS) is 15.8. The molecule has 1 saturated carbocycles. The fraction of sp³-hybridized carbons (Fsp3) is 0.818. The van der Waals surface area contributed by atoms with Crippen LogP contribution in [-0.2, 0) is 4.79 Å². The van der Waals surface area contributed by atoms with Crippen molar-refractivity contribution in [2.75, 3.05) is 19.6 Å². The van der Waals surface area contributed by atoms with E-state index in [1.807, 2.05) is 0 Å². The summed E-state index contributed by atoms with van der Waals surface area (Å²) in [5, 5.41) is 8.16. The van der Waals surface area contributed by atoms with Gasteiger partial charge in [-0.25, -0.2) is 4.79 Å². The Morgan fingerprint density at radius 1 is 1.06 bits per heavy atom. The third-order valence-corrected chi connectivity index (χ3v) is 2.81. The molecule has 1 aliphatic carbocycles. The van der Waals surface area contributed by atoms with E-state index in [0.717, 1.165) is 6.54 Å². The average Bonchev–Trinajstić information content (AvgIpc) is 2.74. The van der Waals surface area contributed by atoms with E-state index in [2.05, 4.69) is 16.0 Å². The molecule has 0 saturated heterocycles. The molecule has 0 bridgehead atoms. The maximum Gasteiger partial charge on any atom is 0.314 e. The maximum absolute atomic E-state index is 11.3. The van der Waals surface area contributed by atoms with Crippen LogP contribution in [0.5, 0.6) is 0 Å². The molecule has 0 heterocycles. The molecule has 5 nitrogen and oxygen atoms in total. The lowest BCUT2D eigenvalue weighted by Gasteiger charge is -2.11. The minimum atomic E-state index is -0.141. The molecule has 0 unspecified atom stereocenters. The number of hydrogen-bond donors (Lipinski definition) is 3. The lowest BCUT2D eigenvalue weighted by molar-refractivity contribution is -0.118. The molecule has 1 aliphatic rings. The molecular weight excluding hydrogens is 206 g/mol. The molecule has 0 aliphatic heterocycles. The van der Waals surface area contributed by atoms with Crippen LogP contribution < -0.4 is 16.0 Å². The summed E-state index contributed by atoms with van der Waals surface area (Å²) in [5.74, 6) is 0.578. The predicted molar refractivity (Wildman–Crippen MR) is 62.0 cm³/mol. The Balaban J connectivity index is 1.95. The van der Waals surface area contributed by atoms with Crippen LogP contribution in [0.1, 0.15) is 32.6 Å². The lowest BCUT2D eigenvalue weighted by atomic mass is 10.1. The first-order valence-corrected chi connectivity index (χ1v) is 5.94. The molecule has 5 heteroatoms. The molecule has 92 valence electrons. The van der Waals surface area contributed by atoms with E-state index < -0.39 is 0 Å². The highest BCUT2D eigenvalue weighted by Gasteiger charge is 2.15. The molecule has 1 rings (SSSR count). The molecule has 0 radical (unpaired) electrons. The Morgan fingerprint density at radius 2 is 1.69 bits per heavy atom. The largest absolute Gasteiger partial charge is 0.355 e. The fourth-order valence-corrected chi connectivity index (χ4v) is 1.93. The first-order valence-electron chi connectivity index (χ1n) is 5.94. The molecule has 0 spiro atoms. The Bertz CT molecular complexity index is 237. The zero-order valence-electron chi connectivity index (χ0n) is 9.84. The third kappa shape index (κ3) is 5.58. The van der Waals surface area contributed by atoms with E-state index in [9.17, 15) is 9.59 Å². The quantitative estimate of drug-likeness (QED) is 0.602. The molecule has 0 aromatic heterocycles. The van der Waals surface area contributed by atoms with Crippen molar-refractivity contribution < 1.29 is 9.59 Å². The Morgan fingerprint density at radius 3 is 2.31 bits per heavy atom. The van der Waals surface area contributed by atoms with Crippen LogP contribution in [0.4, 0.5) is 4.79 Å². The van der Waals surface area contributed by atoms with Gasteiger partial charge >= 0.3 is 6.03 Å². The van der Waals surface area contributed by atoms with Gasteiger partial charge in [-0.3, -0.25) is 4.79 Å². The Labute approximate surface area is 96.4 Å². The number of nitrogens with one attached hydrogen (secondary N) is 3. The van der Waals surface area contributed by atoms with Crippen molar-refractivity contribution >= 4 is 11.9 Å². The first-order chi connectivity index (χ1) is 7.68. The second kappa shape index (κ2) is 7.09. The summed E-state index contributed by atoms with van der Waals surface area (Å²) in [4.78, 5) is 21.9. The maximum atomic E-state index is 11.3. The number of amides is 3. The minimum Gasteiger partial charge on any atom is -0.355 e. The molecule has 16 heavy (non-hydrogen) atoms. The van der Waals surface area contributed by atoms with Crippen LogP contribution >= 0.6 is 0 Å². The highest BCUT2D eigenvalue weighted by Crippen LogP contribution is 2.23. The van der Waals surface area contributed by atoms with Crippen molar-refractivity contribution in [3.05, 3.63) is 0 Å². The third-order valence-electron chi connectivity index (χ3n) is 2.81. The molecule has 0 aromatic carbocycles. The number of hydrogen-bond acceptors (Lipinski definition) is 2. The Kier molecular flexibility index (Phi) is 5.67. The van der Waals surface area contributed by atoms with Gasteiger partial charge in [0.15, 0.2) is 0 Å². The second-order valence-electron chi connectivity index (χ2n) is 4.27. The summed E-state index contributed by atoms with van der Waals surface area (Å²) in [6, 6.07) is -0.141. The zero-order valence-corrected chi connectivity index (χ0v) is 9.84. The van der Waals surface area contributed by atoms with Crippen LogP contribution in [0.3, 0.4) is 0 Å². The molecule has 1 fully saturated rings. The molecular formula is C11H21N3O2. The minimum absolute atomic E-state index is 0.0758. The van der Waals surface area contributed by atoms with E-state index in [4.69, 9.17) is 0 Å². The second-order valence-corrected chi connectivity index (χ2v) is 4.27. The van der Waals surface area contributed by atoms with Gasteiger partial charge in [0.05, 0.1) is 0 Å². The number of rotatable bonds is 5. The summed E-state index contributed by atoms with van der Waals surface area (Å²) in [6.07, 6.45) is 5.03. The number of urea groups is 1. The summed E-state index contributed by atoms with van der Waals surface area (Å²) in [6.45, 7) is 3.17. The fourth-order valence-electron chi connectivity index (χ4n) is 1.93. The molecule has 3 N–H and O–H groups in total. The smallest absolute Gasteiger partial charge is 0.314 e. The highest BCUT2D eigenvalue weighted by molar-refractivity contribution is 5.74. The van der Waals surface area contributed by atoms with Gasteiger partial charge in [-0.15, -0.1) is 0 Å². The van der Waals surface area contributed by atoms with E-state index >= 15 is 0 Å². The summed E-state index contributed by atoms with van der Waals surface area (Å²) >= 11 is 0. The van der Waals surface area contributed by atoms with E-state index in [-0.39, 0.29) is 11.9 Å². The standard InChI is InChI=1S/C11H21N3O2/c1-9(15)12-6-7-13-11(16)14-8-10-4-2-3-5-10/h10H,2-8H2,1H3,(H,12,15)(H2,13,14,16). The van der Waals surface area contributed by atoms with Crippen molar-refractivity contribution in [1.82, 2.24) is 16.0 Å². The average molecular weight is 227 g/mol. The lowest BCUT2D eigenvalue weighted by Crippen LogP contribution is -2.41. The van der Waals surface area contributed by atoms with Crippen molar-refractivity contribution in [3.63, 3.8) is 0 Å². The van der Waals surface area contributed by atoms with Gasteiger partial charge in [0.2, 0.25) is 5.91 Å². The summed E-state index contributed by atoms with van der Waals surface area (Å²) in [7, 11) is 0. The number of carbonyl (C=O) groups is 2. The van der Waals surface area contributed by atoms with Gasteiger partial charge in [-0.1, -0.05) is 12.8 Å². The van der Waals surface area contributed by atoms with E-state index in [1.54, 1.807) is 0 Å². The highest BCUT2D eigenvalue weighted by atomic mass is 16.2. The van der Waals surface area contributed by atoms with Crippen LogP contribution in [0.25, 0.3) is 0 Å². The van der Waals surface area contributed by atoms with Crippen molar-refractivity contribution in [2.45, 2.75) is 32.6 Å². The van der Waals surface area contributed by atoms with E-state index in [0.29, 0.717) is 19.0 Å². The summed E-state index contributed by atoms with van der Waals surface area (Å²) < 4.78 is 0. The monoisotopic (exact) mass is 227 g/mol. The van der Waals surface area contributed by atoms with Crippen LogP contribution in [0.2, 0.25) is 0 Å². The van der Waals surface area contributed by atoms with Gasteiger partial charge in [0, 0.05) is 26.6 Å². The Hall–Kier alpha value is -1.26. The van der Waals surface area contributed by atoms with Gasteiger partial charge in [0.1, 0.15) is 0 Å². The first kappa shape index (κ1) is 12.8. The van der Waals surface area contributed by atoms with Crippen LogP contribution in [-0.4, -0.2) is 31.6 Å². The SMILES string of the molecule is CC(=O)NCCNC(=O)NCC1CCCC1. The van der Waals surface area contributed by atoms with Crippen LogP contribution in [0.15, 0.2) is 0 Å². The van der Waals surface area contributed by atoms with Crippen LogP contribution in [0, 0.1) is 5.92 Å². The molecule has 3 amide bonds. The van der Waals surface area contributed by atoms with Gasteiger partial charge in [-0.05, 0) is 18.8 Å². The summed E-state index contributed by atoms with van der Waals surface area (Å²) in [5.41, 5.74) is 0. The van der Waals surface area contributed by atoms with Gasteiger partial charge < -0.3 is 16.0 Å². The van der Waals surface area contributed by atoms with E-state index in [1.165, 1.54) is 32.6 Å². The van der Waals surface area contributed by atoms with Crippen molar-refractivity contribution in [2.24, 2.45) is 5.92 Å². The number of carbonyl (C=O) groups excluding carboxylic acids is 2. The topological polar surface area (TPSA) is 70.2 Å².